The minimum atomic E-state index is 0.0441. The van der Waals surface area contributed by atoms with Crippen molar-refractivity contribution in [3.05, 3.63) is 47.5 Å². The van der Waals surface area contributed by atoms with Crippen molar-refractivity contribution >= 4 is 17.3 Å². The van der Waals surface area contributed by atoms with E-state index in [0.717, 1.165) is 34.1 Å². The Morgan fingerprint density at radius 1 is 0.962 bits per heavy atom. The Hall–Kier alpha value is -2.67. The lowest BCUT2D eigenvalue weighted by Gasteiger charge is -2.22. The van der Waals surface area contributed by atoms with Crippen LogP contribution >= 0.6 is 12.2 Å². The molecular weight excluding hydrogens is 352 g/mol. The van der Waals surface area contributed by atoms with Crippen LogP contribution in [-0.2, 0) is 6.54 Å². The van der Waals surface area contributed by atoms with Crippen LogP contribution in [0, 0.1) is 0 Å². The Labute approximate surface area is 157 Å². The molecule has 0 fully saturated rings. The van der Waals surface area contributed by atoms with Gasteiger partial charge in [0, 0.05) is 6.54 Å². The molecule has 0 spiro atoms. The van der Waals surface area contributed by atoms with Gasteiger partial charge in [-0.3, -0.25) is 0 Å². The topological polar surface area (TPSA) is 61.0 Å². The Kier molecular flexibility index (Phi) is 4.71. The van der Waals surface area contributed by atoms with Crippen molar-refractivity contribution < 1.29 is 18.9 Å². The highest BCUT2D eigenvalue weighted by Crippen LogP contribution is 2.33. The minimum Gasteiger partial charge on any atom is -0.486 e. The number of hydrogen-bond donors (Lipinski definition) is 2. The van der Waals surface area contributed by atoms with Gasteiger partial charge in [0.2, 0.25) is 6.79 Å². The molecule has 136 valence electrons. The number of hydrogen-bond acceptors (Lipinski definition) is 5. The van der Waals surface area contributed by atoms with Gasteiger partial charge in [-0.25, -0.2) is 0 Å². The summed E-state index contributed by atoms with van der Waals surface area (Å²) in [6.07, 6.45) is 0. The van der Waals surface area contributed by atoms with Gasteiger partial charge in [-0.2, -0.15) is 0 Å². The Morgan fingerprint density at radius 3 is 2.54 bits per heavy atom. The van der Waals surface area contributed by atoms with E-state index in [-0.39, 0.29) is 12.8 Å². The van der Waals surface area contributed by atoms with Crippen LogP contribution in [0.15, 0.2) is 36.4 Å². The molecule has 7 heteroatoms. The minimum absolute atomic E-state index is 0.0441. The zero-order chi connectivity index (χ0) is 17.9. The molecule has 2 aromatic carbocycles. The lowest BCUT2D eigenvalue weighted by Crippen LogP contribution is -2.36. The maximum atomic E-state index is 5.64. The van der Waals surface area contributed by atoms with E-state index in [2.05, 4.69) is 17.6 Å². The van der Waals surface area contributed by atoms with Gasteiger partial charge >= 0.3 is 0 Å². The molecule has 0 aromatic heterocycles. The first-order valence-electron chi connectivity index (χ1n) is 8.51. The highest BCUT2D eigenvalue weighted by molar-refractivity contribution is 7.80. The van der Waals surface area contributed by atoms with Crippen molar-refractivity contribution in [2.45, 2.75) is 19.5 Å². The van der Waals surface area contributed by atoms with E-state index < -0.39 is 0 Å². The van der Waals surface area contributed by atoms with E-state index in [1.807, 2.05) is 36.4 Å². The van der Waals surface area contributed by atoms with Crippen molar-refractivity contribution in [3.8, 4) is 23.0 Å². The number of benzene rings is 2. The summed E-state index contributed by atoms with van der Waals surface area (Å²) in [6.45, 7) is 4.11. The smallest absolute Gasteiger partial charge is 0.231 e. The first kappa shape index (κ1) is 16.8. The normalized spacial score (nSPS) is 15.3. The third kappa shape index (κ3) is 3.62. The van der Waals surface area contributed by atoms with Crippen LogP contribution in [0.25, 0.3) is 0 Å². The standard InChI is InChI=1S/C19H20N2O4S/c1-12(14-3-5-15-18(9-14)23-7-6-22-15)21-19(26)20-10-13-2-4-16-17(8-13)25-11-24-16/h2-5,8-9,12H,6-7,10-11H2,1H3,(H2,20,21,26)/t12-/m1/s1. The zero-order valence-corrected chi connectivity index (χ0v) is 15.2. The predicted molar refractivity (Wildman–Crippen MR) is 101 cm³/mol. The second-order valence-electron chi connectivity index (χ2n) is 6.14. The molecule has 0 saturated heterocycles. The van der Waals surface area contributed by atoms with E-state index >= 15 is 0 Å². The SMILES string of the molecule is C[C@@H](NC(=S)NCc1ccc2c(c1)OCO2)c1ccc2c(c1)OCCO2. The number of thiocarbonyl (C=S) groups is 1. The lowest BCUT2D eigenvalue weighted by molar-refractivity contribution is 0.171. The Balaban J connectivity index is 1.33. The largest absolute Gasteiger partial charge is 0.486 e. The molecule has 2 heterocycles. The molecule has 2 aliphatic rings. The van der Waals surface area contributed by atoms with Crippen LogP contribution < -0.4 is 29.6 Å². The van der Waals surface area contributed by atoms with Gasteiger partial charge in [0.25, 0.3) is 0 Å². The third-order valence-corrected chi connectivity index (χ3v) is 4.57. The molecule has 2 aromatic rings. The van der Waals surface area contributed by atoms with Gasteiger partial charge < -0.3 is 29.6 Å². The molecule has 2 aliphatic heterocycles. The van der Waals surface area contributed by atoms with Gasteiger partial charge in [-0.1, -0.05) is 12.1 Å². The van der Waals surface area contributed by atoms with Crippen LogP contribution in [0.2, 0.25) is 0 Å². The number of fused-ring (bicyclic) bond motifs is 2. The maximum Gasteiger partial charge on any atom is 0.231 e. The summed E-state index contributed by atoms with van der Waals surface area (Å²) in [5.41, 5.74) is 2.16. The molecule has 0 bridgehead atoms. The number of ether oxygens (including phenoxy) is 4. The average molecular weight is 372 g/mol. The second kappa shape index (κ2) is 7.29. The molecule has 26 heavy (non-hydrogen) atoms. The fraction of sp³-hybridized carbons (Fsp3) is 0.316. The van der Waals surface area contributed by atoms with Crippen molar-refractivity contribution in [3.63, 3.8) is 0 Å². The van der Waals surface area contributed by atoms with Gasteiger partial charge in [0.05, 0.1) is 6.04 Å². The molecule has 0 aliphatic carbocycles. The van der Waals surface area contributed by atoms with Gasteiger partial charge in [0.1, 0.15) is 13.2 Å². The van der Waals surface area contributed by atoms with E-state index in [1.54, 1.807) is 0 Å². The molecule has 1 atom stereocenters. The Morgan fingerprint density at radius 2 is 1.65 bits per heavy atom. The molecule has 0 radical (unpaired) electrons. The second-order valence-corrected chi connectivity index (χ2v) is 6.55. The highest BCUT2D eigenvalue weighted by Gasteiger charge is 2.16. The van der Waals surface area contributed by atoms with Crippen LogP contribution in [0.3, 0.4) is 0 Å². The van der Waals surface area contributed by atoms with Gasteiger partial charge in [0.15, 0.2) is 28.1 Å². The summed E-state index contributed by atoms with van der Waals surface area (Å²) in [6, 6.07) is 11.9. The molecule has 4 rings (SSSR count). The summed E-state index contributed by atoms with van der Waals surface area (Å²) in [7, 11) is 0. The van der Waals surface area contributed by atoms with Crippen LogP contribution in [0.5, 0.6) is 23.0 Å². The fourth-order valence-corrected chi connectivity index (χ4v) is 3.14. The van der Waals surface area contributed by atoms with Crippen LogP contribution in [-0.4, -0.2) is 25.1 Å². The summed E-state index contributed by atoms with van der Waals surface area (Å²) in [4.78, 5) is 0. The quantitative estimate of drug-likeness (QED) is 0.800. The maximum absolute atomic E-state index is 5.64. The summed E-state index contributed by atoms with van der Waals surface area (Å²) in [5.74, 6) is 3.12. The molecule has 6 nitrogen and oxygen atoms in total. The summed E-state index contributed by atoms with van der Waals surface area (Å²) < 4.78 is 21.9. The van der Waals surface area contributed by atoms with Crippen molar-refractivity contribution in [1.82, 2.24) is 10.6 Å². The first-order valence-corrected chi connectivity index (χ1v) is 8.92. The van der Waals surface area contributed by atoms with Gasteiger partial charge in [-0.15, -0.1) is 0 Å². The van der Waals surface area contributed by atoms with E-state index in [0.29, 0.717) is 24.9 Å². The van der Waals surface area contributed by atoms with Crippen molar-refractivity contribution in [2.24, 2.45) is 0 Å². The number of nitrogens with one attached hydrogen (secondary N) is 2. The summed E-state index contributed by atoms with van der Waals surface area (Å²) >= 11 is 5.42. The third-order valence-electron chi connectivity index (χ3n) is 4.30. The first-order chi connectivity index (χ1) is 12.7. The molecule has 0 saturated carbocycles. The Bertz CT molecular complexity index is 827. The zero-order valence-electron chi connectivity index (χ0n) is 14.4. The predicted octanol–water partition coefficient (Wildman–Crippen LogP) is 2.91. The molecule has 0 unspecified atom stereocenters. The van der Waals surface area contributed by atoms with Crippen molar-refractivity contribution in [2.75, 3.05) is 20.0 Å². The molecule has 2 N–H and O–H groups in total. The van der Waals surface area contributed by atoms with Crippen LogP contribution in [0.1, 0.15) is 24.1 Å². The van der Waals surface area contributed by atoms with Crippen molar-refractivity contribution in [1.29, 1.82) is 0 Å². The van der Waals surface area contributed by atoms with Gasteiger partial charge in [-0.05, 0) is 54.5 Å². The monoisotopic (exact) mass is 372 g/mol. The number of rotatable bonds is 4. The van der Waals surface area contributed by atoms with E-state index in [9.17, 15) is 0 Å². The highest BCUT2D eigenvalue weighted by atomic mass is 32.1. The lowest BCUT2D eigenvalue weighted by atomic mass is 10.1. The van der Waals surface area contributed by atoms with E-state index in [4.69, 9.17) is 31.2 Å². The molecule has 0 amide bonds. The average Bonchev–Trinajstić information content (AvgIpc) is 3.13. The summed E-state index contributed by atoms with van der Waals surface area (Å²) in [5, 5.41) is 7.10. The molecular formula is C19H20N2O4S. The van der Waals surface area contributed by atoms with E-state index in [1.165, 1.54) is 0 Å². The fourth-order valence-electron chi connectivity index (χ4n) is 2.89. The van der Waals surface area contributed by atoms with Crippen LogP contribution in [0.4, 0.5) is 0 Å².